The number of aromatic hydroxyl groups is 1. The van der Waals surface area contributed by atoms with Gasteiger partial charge in [0.05, 0.1) is 0 Å². The molecule has 0 spiro atoms. The Labute approximate surface area is 157 Å². The summed E-state index contributed by atoms with van der Waals surface area (Å²) in [6, 6.07) is 11.5. The van der Waals surface area contributed by atoms with Crippen LogP contribution in [-0.4, -0.2) is 30.6 Å². The maximum absolute atomic E-state index is 12.5. The van der Waals surface area contributed by atoms with E-state index in [-0.39, 0.29) is 24.8 Å². The molecule has 0 saturated heterocycles. The molecule has 0 bridgehead atoms. The van der Waals surface area contributed by atoms with E-state index in [0.29, 0.717) is 23.4 Å². The number of nitrogens with one attached hydrogen (secondary N) is 1. The second kappa shape index (κ2) is 9.56. The molecule has 0 aliphatic carbocycles. The van der Waals surface area contributed by atoms with Crippen LogP contribution < -0.4 is 21.5 Å². The molecule has 2 aromatic rings. The third-order valence-electron chi connectivity index (χ3n) is 3.86. The van der Waals surface area contributed by atoms with Gasteiger partial charge in [-0.2, -0.15) is 0 Å². The minimum absolute atomic E-state index is 0.102. The molecule has 8 nitrogen and oxygen atoms in total. The number of hydrogen-bond acceptors (Lipinski definition) is 6. The van der Waals surface area contributed by atoms with E-state index < -0.39 is 12.0 Å². The van der Waals surface area contributed by atoms with Crippen molar-refractivity contribution in [3.8, 4) is 11.5 Å². The first-order valence-corrected chi connectivity index (χ1v) is 8.27. The summed E-state index contributed by atoms with van der Waals surface area (Å²) in [4.78, 5) is 23.5. The molecule has 0 fully saturated rings. The van der Waals surface area contributed by atoms with Crippen molar-refractivity contribution < 1.29 is 24.2 Å². The fraction of sp³-hybridized carbons (Fsp3) is 0.263. The van der Waals surface area contributed by atoms with Gasteiger partial charge in [-0.25, -0.2) is 0 Å². The Morgan fingerprint density at radius 1 is 1.19 bits per heavy atom. The molecule has 6 N–H and O–H groups in total. The van der Waals surface area contributed by atoms with E-state index >= 15 is 0 Å². The second-order valence-electron chi connectivity index (χ2n) is 5.83. The Morgan fingerprint density at radius 3 is 2.48 bits per heavy atom. The summed E-state index contributed by atoms with van der Waals surface area (Å²) < 4.78 is 10.7. The van der Waals surface area contributed by atoms with Crippen LogP contribution in [-0.2, 0) is 27.4 Å². The van der Waals surface area contributed by atoms with E-state index in [9.17, 15) is 14.7 Å². The second-order valence-corrected chi connectivity index (χ2v) is 5.83. The monoisotopic (exact) mass is 373 g/mol. The third-order valence-corrected chi connectivity index (χ3v) is 3.86. The standard InChI is InChI=1S/C19H23N3O5/c1-26-18(13-4-6-15(23)7-5-13)19(25)22-10-14-3-2-12(9-20)8-16(14)27-11-17(21)24/h2-8,18,23H,9-11,20H2,1H3,(H2,21,24)(H,22,25)/t18-/m0/s1. The van der Waals surface area contributed by atoms with E-state index in [1.54, 1.807) is 24.3 Å². The number of methoxy groups -OCH3 is 1. The van der Waals surface area contributed by atoms with Crippen molar-refractivity contribution in [2.24, 2.45) is 11.5 Å². The van der Waals surface area contributed by atoms with Crippen molar-refractivity contribution >= 4 is 11.8 Å². The Kier molecular flexibility index (Phi) is 7.16. The molecule has 0 radical (unpaired) electrons. The van der Waals surface area contributed by atoms with Crippen LogP contribution in [0.1, 0.15) is 22.8 Å². The van der Waals surface area contributed by atoms with Gasteiger partial charge in [0, 0.05) is 25.8 Å². The molecule has 144 valence electrons. The number of ether oxygens (including phenoxy) is 2. The van der Waals surface area contributed by atoms with Gasteiger partial charge in [-0.3, -0.25) is 9.59 Å². The number of rotatable bonds is 9. The van der Waals surface area contributed by atoms with E-state index in [0.717, 1.165) is 5.56 Å². The summed E-state index contributed by atoms with van der Waals surface area (Å²) in [5, 5.41) is 12.1. The van der Waals surface area contributed by atoms with Crippen LogP contribution in [0.4, 0.5) is 0 Å². The molecule has 1 atom stereocenters. The first-order chi connectivity index (χ1) is 12.9. The van der Waals surface area contributed by atoms with Gasteiger partial charge >= 0.3 is 0 Å². The molecule has 0 aliphatic heterocycles. The number of carbonyl (C=O) groups excluding carboxylic acids is 2. The molecule has 0 saturated carbocycles. The maximum Gasteiger partial charge on any atom is 0.255 e. The van der Waals surface area contributed by atoms with Gasteiger partial charge in [0.1, 0.15) is 11.5 Å². The lowest BCUT2D eigenvalue weighted by Crippen LogP contribution is -2.30. The molecule has 0 unspecified atom stereocenters. The number of phenols is 1. The van der Waals surface area contributed by atoms with Gasteiger partial charge in [0.25, 0.3) is 11.8 Å². The smallest absolute Gasteiger partial charge is 0.255 e. The zero-order valence-corrected chi connectivity index (χ0v) is 15.0. The van der Waals surface area contributed by atoms with E-state index in [2.05, 4.69) is 5.32 Å². The van der Waals surface area contributed by atoms with Gasteiger partial charge in [-0.1, -0.05) is 24.3 Å². The fourth-order valence-electron chi connectivity index (χ4n) is 2.47. The summed E-state index contributed by atoms with van der Waals surface area (Å²) in [6.07, 6.45) is -0.830. The Balaban J connectivity index is 2.10. The Morgan fingerprint density at radius 2 is 1.89 bits per heavy atom. The zero-order valence-electron chi connectivity index (χ0n) is 15.0. The van der Waals surface area contributed by atoms with Gasteiger partial charge in [-0.15, -0.1) is 0 Å². The van der Waals surface area contributed by atoms with Crippen LogP contribution in [0.25, 0.3) is 0 Å². The normalized spacial score (nSPS) is 11.6. The molecule has 2 amide bonds. The van der Waals surface area contributed by atoms with E-state index in [1.165, 1.54) is 19.2 Å². The predicted molar refractivity (Wildman–Crippen MR) is 98.7 cm³/mol. The van der Waals surface area contributed by atoms with Crippen molar-refractivity contribution in [3.63, 3.8) is 0 Å². The SMILES string of the molecule is CO[C@H](C(=O)NCc1ccc(CN)cc1OCC(N)=O)c1ccc(O)cc1. The van der Waals surface area contributed by atoms with Crippen LogP contribution >= 0.6 is 0 Å². The van der Waals surface area contributed by atoms with Crippen LogP contribution in [0.3, 0.4) is 0 Å². The van der Waals surface area contributed by atoms with Crippen LogP contribution in [0.5, 0.6) is 11.5 Å². The molecular weight excluding hydrogens is 350 g/mol. The largest absolute Gasteiger partial charge is 0.508 e. The molecule has 0 aromatic heterocycles. The van der Waals surface area contributed by atoms with Gasteiger partial charge in [0.2, 0.25) is 0 Å². The van der Waals surface area contributed by atoms with Crippen molar-refractivity contribution in [2.45, 2.75) is 19.2 Å². The highest BCUT2D eigenvalue weighted by Crippen LogP contribution is 2.22. The first kappa shape index (κ1) is 20.2. The molecule has 2 aromatic carbocycles. The lowest BCUT2D eigenvalue weighted by molar-refractivity contribution is -0.131. The van der Waals surface area contributed by atoms with E-state index in [4.69, 9.17) is 20.9 Å². The Bertz CT molecular complexity index is 792. The van der Waals surface area contributed by atoms with Crippen molar-refractivity contribution in [1.82, 2.24) is 5.32 Å². The van der Waals surface area contributed by atoms with Crippen molar-refractivity contribution in [3.05, 3.63) is 59.2 Å². The number of nitrogens with two attached hydrogens (primary N) is 2. The predicted octanol–water partition coefficient (Wildman–Crippen LogP) is 0.719. The van der Waals surface area contributed by atoms with Gasteiger partial charge < -0.3 is 31.4 Å². The maximum atomic E-state index is 12.5. The minimum Gasteiger partial charge on any atom is -0.508 e. The molecular formula is C19H23N3O5. The zero-order chi connectivity index (χ0) is 19.8. The average molecular weight is 373 g/mol. The summed E-state index contributed by atoms with van der Waals surface area (Å²) in [5.41, 5.74) is 12.9. The number of hydrogen-bond donors (Lipinski definition) is 4. The summed E-state index contributed by atoms with van der Waals surface area (Å²) >= 11 is 0. The third kappa shape index (κ3) is 5.70. The number of amides is 2. The quantitative estimate of drug-likeness (QED) is 0.511. The lowest BCUT2D eigenvalue weighted by Gasteiger charge is -2.17. The van der Waals surface area contributed by atoms with Gasteiger partial charge in [0.15, 0.2) is 12.7 Å². The highest BCUT2D eigenvalue weighted by atomic mass is 16.5. The van der Waals surface area contributed by atoms with Crippen LogP contribution in [0.2, 0.25) is 0 Å². The van der Waals surface area contributed by atoms with Crippen LogP contribution in [0.15, 0.2) is 42.5 Å². The topological polar surface area (TPSA) is 137 Å². The van der Waals surface area contributed by atoms with Gasteiger partial charge in [-0.05, 0) is 29.3 Å². The highest BCUT2D eigenvalue weighted by Gasteiger charge is 2.20. The molecule has 8 heteroatoms. The first-order valence-electron chi connectivity index (χ1n) is 8.27. The highest BCUT2D eigenvalue weighted by molar-refractivity contribution is 5.82. The minimum atomic E-state index is -0.830. The summed E-state index contributed by atoms with van der Waals surface area (Å²) in [7, 11) is 1.43. The molecule has 0 heterocycles. The fourth-order valence-corrected chi connectivity index (χ4v) is 2.47. The van der Waals surface area contributed by atoms with Crippen LogP contribution in [0, 0.1) is 0 Å². The summed E-state index contributed by atoms with van der Waals surface area (Å²) in [5.74, 6) is -0.428. The lowest BCUT2D eigenvalue weighted by atomic mass is 10.1. The number of phenolic OH excluding ortho intramolecular Hbond substituents is 1. The van der Waals surface area contributed by atoms with Crippen molar-refractivity contribution in [2.75, 3.05) is 13.7 Å². The summed E-state index contributed by atoms with van der Waals surface area (Å²) in [6.45, 7) is 0.199. The molecule has 27 heavy (non-hydrogen) atoms. The average Bonchev–Trinajstić information content (AvgIpc) is 2.67. The number of carbonyl (C=O) groups is 2. The molecule has 2 rings (SSSR count). The molecule has 0 aliphatic rings. The number of benzene rings is 2. The van der Waals surface area contributed by atoms with E-state index in [1.807, 2.05) is 6.07 Å². The number of primary amides is 1. The Hall–Kier alpha value is -3.10. The van der Waals surface area contributed by atoms with Crippen molar-refractivity contribution in [1.29, 1.82) is 0 Å².